The van der Waals surface area contributed by atoms with E-state index in [4.69, 9.17) is 0 Å². The number of benzene rings is 2. The molecule has 2 aromatic rings. The Morgan fingerprint density at radius 3 is 1.67 bits per heavy atom. The molecule has 27 heavy (non-hydrogen) atoms. The molecule has 1 unspecified atom stereocenters. The highest BCUT2D eigenvalue weighted by molar-refractivity contribution is 5.73. The molecule has 1 aliphatic rings. The number of halogens is 2. The lowest BCUT2D eigenvalue weighted by Crippen LogP contribution is -2.53. The van der Waals surface area contributed by atoms with E-state index >= 15 is 0 Å². The van der Waals surface area contributed by atoms with Gasteiger partial charge in [0.15, 0.2) is 0 Å². The molecule has 0 saturated carbocycles. The lowest BCUT2D eigenvalue weighted by Gasteiger charge is -2.41. The minimum Gasteiger partial charge on any atom is -0.480 e. The monoisotopic (exact) mass is 374 g/mol. The standard InChI is InChI=1S/C21H24F2N2O2/c1-2-19(21(26)27)24-11-13-25(14-12-24)20(15-3-7-17(22)8-4-15)16-5-9-18(23)10-6-16/h3-10,19-20H,2,11-14H2,1H3,(H,26,27). The summed E-state index contributed by atoms with van der Waals surface area (Å²) in [5.74, 6) is -1.39. The number of carboxylic acids is 1. The van der Waals surface area contributed by atoms with Crippen molar-refractivity contribution < 1.29 is 18.7 Å². The fraction of sp³-hybridized carbons (Fsp3) is 0.381. The molecule has 1 atom stereocenters. The van der Waals surface area contributed by atoms with Gasteiger partial charge in [0.25, 0.3) is 0 Å². The molecule has 3 rings (SSSR count). The Bertz CT molecular complexity index is 711. The Balaban J connectivity index is 1.83. The van der Waals surface area contributed by atoms with E-state index in [1.165, 1.54) is 24.3 Å². The summed E-state index contributed by atoms with van der Waals surface area (Å²) >= 11 is 0. The Morgan fingerprint density at radius 2 is 1.30 bits per heavy atom. The highest BCUT2D eigenvalue weighted by Crippen LogP contribution is 2.30. The fourth-order valence-electron chi connectivity index (χ4n) is 3.80. The summed E-state index contributed by atoms with van der Waals surface area (Å²) in [7, 11) is 0. The first kappa shape index (κ1) is 19.5. The van der Waals surface area contributed by atoms with Gasteiger partial charge in [-0.05, 0) is 41.8 Å². The van der Waals surface area contributed by atoms with E-state index in [-0.39, 0.29) is 17.7 Å². The molecule has 0 spiro atoms. The van der Waals surface area contributed by atoms with Gasteiger partial charge < -0.3 is 5.11 Å². The van der Waals surface area contributed by atoms with Gasteiger partial charge >= 0.3 is 5.97 Å². The van der Waals surface area contributed by atoms with Gasteiger partial charge in [0.2, 0.25) is 0 Å². The summed E-state index contributed by atoms with van der Waals surface area (Å²) in [5, 5.41) is 9.38. The van der Waals surface area contributed by atoms with Crippen molar-refractivity contribution in [2.75, 3.05) is 26.2 Å². The molecule has 6 heteroatoms. The van der Waals surface area contributed by atoms with Crippen molar-refractivity contribution in [1.29, 1.82) is 0 Å². The molecule has 0 bridgehead atoms. The maximum atomic E-state index is 13.4. The molecule has 1 fully saturated rings. The molecule has 1 heterocycles. The van der Waals surface area contributed by atoms with Gasteiger partial charge in [-0.2, -0.15) is 0 Å². The van der Waals surface area contributed by atoms with Gasteiger partial charge in [-0.3, -0.25) is 14.6 Å². The Hall–Kier alpha value is -2.31. The van der Waals surface area contributed by atoms with E-state index in [0.29, 0.717) is 32.6 Å². The van der Waals surface area contributed by atoms with Gasteiger partial charge in [-0.1, -0.05) is 31.2 Å². The van der Waals surface area contributed by atoms with E-state index in [1.54, 1.807) is 24.3 Å². The predicted octanol–water partition coefficient (Wildman–Crippen LogP) is 3.54. The summed E-state index contributed by atoms with van der Waals surface area (Å²) in [6.07, 6.45) is 0.564. The minimum atomic E-state index is -0.792. The molecular weight excluding hydrogens is 350 g/mol. The predicted molar refractivity (Wildman–Crippen MR) is 99.5 cm³/mol. The molecule has 0 radical (unpaired) electrons. The topological polar surface area (TPSA) is 43.8 Å². The van der Waals surface area contributed by atoms with Gasteiger partial charge in [0.05, 0.1) is 6.04 Å². The zero-order chi connectivity index (χ0) is 19.4. The Morgan fingerprint density at radius 1 is 0.889 bits per heavy atom. The number of carbonyl (C=O) groups is 1. The van der Waals surface area contributed by atoms with Gasteiger partial charge in [0.1, 0.15) is 17.7 Å². The summed E-state index contributed by atoms with van der Waals surface area (Å²) in [6, 6.07) is 12.1. The molecular formula is C21H24F2N2O2. The zero-order valence-electron chi connectivity index (χ0n) is 15.3. The third-order valence-electron chi connectivity index (χ3n) is 5.20. The van der Waals surface area contributed by atoms with Crippen LogP contribution in [0.25, 0.3) is 0 Å². The molecule has 4 nitrogen and oxygen atoms in total. The van der Waals surface area contributed by atoms with Crippen molar-refractivity contribution in [2.45, 2.75) is 25.4 Å². The van der Waals surface area contributed by atoms with Crippen molar-refractivity contribution >= 4 is 5.97 Å². The van der Waals surface area contributed by atoms with Crippen LogP contribution in [0.4, 0.5) is 8.78 Å². The Kier molecular flexibility index (Phi) is 6.19. The molecule has 1 aliphatic heterocycles. The molecule has 0 aliphatic carbocycles. The van der Waals surface area contributed by atoms with E-state index in [1.807, 2.05) is 11.8 Å². The SMILES string of the molecule is CCC(C(=O)O)N1CCN(C(c2ccc(F)cc2)c2ccc(F)cc2)CC1. The van der Waals surface area contributed by atoms with Crippen LogP contribution in [-0.2, 0) is 4.79 Å². The smallest absolute Gasteiger partial charge is 0.320 e. The van der Waals surface area contributed by atoms with Crippen molar-refractivity contribution in [3.05, 3.63) is 71.3 Å². The average Bonchev–Trinajstić information content (AvgIpc) is 2.66. The number of rotatable bonds is 6. The summed E-state index contributed by atoms with van der Waals surface area (Å²) in [6.45, 7) is 4.53. The summed E-state index contributed by atoms with van der Waals surface area (Å²) < 4.78 is 26.8. The van der Waals surface area contributed by atoms with Crippen LogP contribution in [0.3, 0.4) is 0 Å². The molecule has 144 valence electrons. The third kappa shape index (κ3) is 4.51. The largest absolute Gasteiger partial charge is 0.480 e. The Labute approximate surface area is 158 Å². The lowest BCUT2D eigenvalue weighted by atomic mass is 9.96. The van der Waals surface area contributed by atoms with Crippen LogP contribution in [0.5, 0.6) is 0 Å². The van der Waals surface area contributed by atoms with Gasteiger partial charge in [-0.25, -0.2) is 8.78 Å². The number of nitrogens with zero attached hydrogens (tertiary/aromatic N) is 2. The minimum absolute atomic E-state index is 0.127. The first-order valence-corrected chi connectivity index (χ1v) is 9.21. The first-order valence-electron chi connectivity index (χ1n) is 9.21. The second-order valence-electron chi connectivity index (χ2n) is 6.84. The number of piperazine rings is 1. The average molecular weight is 374 g/mol. The van der Waals surface area contributed by atoms with Gasteiger partial charge in [-0.15, -0.1) is 0 Å². The third-order valence-corrected chi connectivity index (χ3v) is 5.20. The number of aliphatic carboxylic acids is 1. The van der Waals surface area contributed by atoms with Crippen molar-refractivity contribution in [2.24, 2.45) is 0 Å². The molecule has 0 amide bonds. The van der Waals surface area contributed by atoms with E-state index in [9.17, 15) is 18.7 Å². The number of hydrogen-bond acceptors (Lipinski definition) is 3. The van der Waals surface area contributed by atoms with Crippen LogP contribution < -0.4 is 0 Å². The zero-order valence-corrected chi connectivity index (χ0v) is 15.3. The number of hydrogen-bond donors (Lipinski definition) is 1. The maximum Gasteiger partial charge on any atom is 0.320 e. The van der Waals surface area contributed by atoms with Crippen LogP contribution >= 0.6 is 0 Å². The quantitative estimate of drug-likeness (QED) is 0.840. The fourth-order valence-corrected chi connectivity index (χ4v) is 3.80. The normalized spacial score (nSPS) is 17.2. The highest BCUT2D eigenvalue weighted by Gasteiger charge is 2.31. The van der Waals surface area contributed by atoms with Crippen LogP contribution in [-0.4, -0.2) is 53.1 Å². The summed E-state index contributed by atoms with van der Waals surface area (Å²) in [4.78, 5) is 15.7. The second-order valence-corrected chi connectivity index (χ2v) is 6.84. The molecule has 1 N–H and O–H groups in total. The van der Waals surface area contributed by atoms with E-state index in [0.717, 1.165) is 11.1 Å². The van der Waals surface area contributed by atoms with Crippen molar-refractivity contribution in [3.63, 3.8) is 0 Å². The maximum absolute atomic E-state index is 13.4. The van der Waals surface area contributed by atoms with Crippen LogP contribution in [0.2, 0.25) is 0 Å². The van der Waals surface area contributed by atoms with Crippen LogP contribution in [0.15, 0.2) is 48.5 Å². The van der Waals surface area contributed by atoms with Gasteiger partial charge in [0, 0.05) is 26.2 Å². The molecule has 0 aromatic heterocycles. The van der Waals surface area contributed by atoms with Crippen molar-refractivity contribution in [3.8, 4) is 0 Å². The van der Waals surface area contributed by atoms with Crippen LogP contribution in [0.1, 0.15) is 30.5 Å². The highest BCUT2D eigenvalue weighted by atomic mass is 19.1. The number of carboxylic acid groups (broad SMARTS) is 1. The van der Waals surface area contributed by atoms with E-state index < -0.39 is 12.0 Å². The van der Waals surface area contributed by atoms with E-state index in [2.05, 4.69) is 4.90 Å². The van der Waals surface area contributed by atoms with Crippen molar-refractivity contribution in [1.82, 2.24) is 9.80 Å². The molecule has 2 aromatic carbocycles. The lowest BCUT2D eigenvalue weighted by molar-refractivity contribution is -0.144. The van der Waals surface area contributed by atoms with Crippen LogP contribution in [0, 0.1) is 11.6 Å². The molecule has 1 saturated heterocycles. The second kappa shape index (κ2) is 8.59. The summed E-state index contributed by atoms with van der Waals surface area (Å²) in [5.41, 5.74) is 1.86. The first-order chi connectivity index (χ1) is 13.0.